The number of fused-ring (bicyclic) bond motifs is 1. The molecule has 1 atom stereocenters. The second-order valence-electron chi connectivity index (χ2n) is 6.89. The van der Waals surface area contributed by atoms with E-state index in [9.17, 15) is 4.79 Å². The fourth-order valence-corrected chi connectivity index (χ4v) is 3.76. The van der Waals surface area contributed by atoms with Gasteiger partial charge in [0.25, 0.3) is 5.91 Å². The Kier molecular flexibility index (Phi) is 4.34. The average Bonchev–Trinajstić information content (AvgIpc) is 3.26. The molecule has 1 aromatic carbocycles. The Labute approximate surface area is 142 Å². The number of aromatic nitrogens is 2. The molecule has 2 aliphatic heterocycles. The third-order valence-corrected chi connectivity index (χ3v) is 5.06. The summed E-state index contributed by atoms with van der Waals surface area (Å²) in [7, 11) is 0. The molecule has 0 unspecified atom stereocenters. The van der Waals surface area contributed by atoms with Gasteiger partial charge in [0.1, 0.15) is 5.82 Å². The van der Waals surface area contributed by atoms with Crippen LogP contribution >= 0.6 is 0 Å². The summed E-state index contributed by atoms with van der Waals surface area (Å²) in [5.74, 6) is 1.15. The standard InChI is InChI=1S/C19H24N4O/c24-19(21-17-6-7-18-20-8-11-23(18)14-17)16-5-3-4-15(12-16)13-22-9-1-2-10-22/h3-5,8,11-12,17H,1-2,6-7,9-10,13-14H2,(H,21,24)/t17-/m1/s1. The van der Waals surface area contributed by atoms with Crippen molar-refractivity contribution in [2.75, 3.05) is 13.1 Å². The van der Waals surface area contributed by atoms with Crippen molar-refractivity contribution in [3.8, 4) is 0 Å². The van der Waals surface area contributed by atoms with Gasteiger partial charge in [0.2, 0.25) is 0 Å². The highest BCUT2D eigenvalue weighted by atomic mass is 16.1. The van der Waals surface area contributed by atoms with Crippen molar-refractivity contribution >= 4 is 5.91 Å². The molecule has 2 aliphatic rings. The lowest BCUT2D eigenvalue weighted by molar-refractivity contribution is 0.0927. The lowest BCUT2D eigenvalue weighted by Gasteiger charge is -2.25. The summed E-state index contributed by atoms with van der Waals surface area (Å²) in [6, 6.07) is 8.25. The normalized spacial score (nSPS) is 20.8. The van der Waals surface area contributed by atoms with Crippen molar-refractivity contribution in [3.05, 3.63) is 53.6 Å². The first-order chi connectivity index (χ1) is 11.8. The summed E-state index contributed by atoms with van der Waals surface area (Å²) >= 11 is 0. The number of likely N-dealkylation sites (tertiary alicyclic amines) is 1. The number of nitrogens with one attached hydrogen (secondary N) is 1. The molecule has 3 heterocycles. The third kappa shape index (κ3) is 3.36. The maximum atomic E-state index is 12.6. The zero-order chi connectivity index (χ0) is 16.4. The van der Waals surface area contributed by atoms with Crippen molar-refractivity contribution in [1.29, 1.82) is 0 Å². The molecular formula is C19H24N4O. The average molecular weight is 324 g/mol. The first-order valence-corrected chi connectivity index (χ1v) is 8.90. The molecule has 1 fully saturated rings. The van der Waals surface area contributed by atoms with Gasteiger partial charge in [-0.1, -0.05) is 12.1 Å². The number of imidazole rings is 1. The molecule has 4 rings (SSSR count). The van der Waals surface area contributed by atoms with E-state index in [0.29, 0.717) is 0 Å². The first-order valence-electron chi connectivity index (χ1n) is 8.90. The quantitative estimate of drug-likeness (QED) is 0.938. The number of benzene rings is 1. The number of amides is 1. The Balaban J connectivity index is 1.39. The fraction of sp³-hybridized carbons (Fsp3) is 0.474. The van der Waals surface area contributed by atoms with Crippen LogP contribution in [-0.2, 0) is 19.5 Å². The van der Waals surface area contributed by atoms with E-state index < -0.39 is 0 Å². The lowest BCUT2D eigenvalue weighted by Crippen LogP contribution is -2.40. The monoisotopic (exact) mass is 324 g/mol. The number of rotatable bonds is 4. The number of aryl methyl sites for hydroxylation is 1. The maximum absolute atomic E-state index is 12.6. The molecule has 5 nitrogen and oxygen atoms in total. The van der Waals surface area contributed by atoms with Crippen molar-refractivity contribution in [1.82, 2.24) is 19.8 Å². The molecule has 1 saturated heterocycles. The first kappa shape index (κ1) is 15.4. The summed E-state index contributed by atoms with van der Waals surface area (Å²) in [6.07, 6.45) is 8.28. The highest BCUT2D eigenvalue weighted by Crippen LogP contribution is 2.16. The van der Waals surface area contributed by atoms with Crippen LogP contribution in [0.5, 0.6) is 0 Å². The van der Waals surface area contributed by atoms with Crippen LogP contribution in [-0.4, -0.2) is 39.5 Å². The highest BCUT2D eigenvalue weighted by Gasteiger charge is 2.21. The summed E-state index contributed by atoms with van der Waals surface area (Å²) in [4.78, 5) is 19.4. The van der Waals surface area contributed by atoms with Crippen molar-refractivity contribution in [2.24, 2.45) is 0 Å². The van der Waals surface area contributed by atoms with Crippen molar-refractivity contribution < 1.29 is 4.79 Å². The van der Waals surface area contributed by atoms with E-state index in [1.54, 1.807) is 0 Å². The van der Waals surface area contributed by atoms with Gasteiger partial charge < -0.3 is 9.88 Å². The number of hydrogen-bond acceptors (Lipinski definition) is 3. The molecule has 1 amide bonds. The number of carbonyl (C=O) groups is 1. The topological polar surface area (TPSA) is 50.2 Å². The van der Waals surface area contributed by atoms with Crippen LogP contribution in [0, 0.1) is 0 Å². The van der Waals surface area contributed by atoms with Gasteiger partial charge in [0.15, 0.2) is 0 Å². The number of hydrogen-bond donors (Lipinski definition) is 1. The van der Waals surface area contributed by atoms with Gasteiger partial charge in [0.05, 0.1) is 0 Å². The van der Waals surface area contributed by atoms with E-state index >= 15 is 0 Å². The third-order valence-electron chi connectivity index (χ3n) is 5.06. The van der Waals surface area contributed by atoms with Gasteiger partial charge in [-0.2, -0.15) is 0 Å². The predicted molar refractivity (Wildman–Crippen MR) is 92.8 cm³/mol. The molecule has 0 radical (unpaired) electrons. The zero-order valence-corrected chi connectivity index (χ0v) is 13.9. The molecule has 0 saturated carbocycles. The van der Waals surface area contributed by atoms with Gasteiger partial charge in [0, 0.05) is 43.5 Å². The summed E-state index contributed by atoms with van der Waals surface area (Å²) in [5.41, 5.74) is 1.99. The van der Waals surface area contributed by atoms with Crippen LogP contribution in [0.3, 0.4) is 0 Å². The molecule has 24 heavy (non-hydrogen) atoms. The second kappa shape index (κ2) is 6.77. The summed E-state index contributed by atoms with van der Waals surface area (Å²) in [5, 5.41) is 3.19. The SMILES string of the molecule is O=C(N[C@@H]1CCc2nccn2C1)c1cccc(CN2CCCC2)c1. The van der Waals surface area contributed by atoms with Gasteiger partial charge in [-0.3, -0.25) is 9.69 Å². The Morgan fingerprint density at radius 3 is 3.04 bits per heavy atom. The van der Waals surface area contributed by atoms with Crippen LogP contribution in [0.15, 0.2) is 36.7 Å². The molecule has 1 N–H and O–H groups in total. The summed E-state index contributed by atoms with van der Waals surface area (Å²) in [6.45, 7) is 4.11. The minimum absolute atomic E-state index is 0.0341. The smallest absolute Gasteiger partial charge is 0.251 e. The molecule has 1 aromatic heterocycles. The Morgan fingerprint density at radius 2 is 2.17 bits per heavy atom. The minimum Gasteiger partial charge on any atom is -0.347 e. The molecule has 0 spiro atoms. The Morgan fingerprint density at radius 1 is 1.29 bits per heavy atom. The minimum atomic E-state index is 0.0341. The van der Waals surface area contributed by atoms with Gasteiger partial charge in [-0.05, 0) is 50.0 Å². The summed E-state index contributed by atoms with van der Waals surface area (Å²) < 4.78 is 2.14. The fourth-order valence-electron chi connectivity index (χ4n) is 3.76. The Bertz CT molecular complexity index is 718. The van der Waals surface area contributed by atoms with E-state index in [0.717, 1.165) is 37.3 Å². The van der Waals surface area contributed by atoms with Gasteiger partial charge in [-0.25, -0.2) is 4.98 Å². The molecular weight excluding hydrogens is 300 g/mol. The molecule has 5 heteroatoms. The largest absolute Gasteiger partial charge is 0.347 e. The molecule has 0 aliphatic carbocycles. The van der Waals surface area contributed by atoms with Crippen LogP contribution in [0.25, 0.3) is 0 Å². The van der Waals surface area contributed by atoms with Crippen LogP contribution < -0.4 is 5.32 Å². The molecule has 0 bridgehead atoms. The second-order valence-corrected chi connectivity index (χ2v) is 6.89. The van der Waals surface area contributed by atoms with E-state index in [1.807, 2.05) is 30.6 Å². The predicted octanol–water partition coefficient (Wildman–Crippen LogP) is 2.22. The van der Waals surface area contributed by atoms with Crippen molar-refractivity contribution in [3.63, 3.8) is 0 Å². The van der Waals surface area contributed by atoms with E-state index in [-0.39, 0.29) is 11.9 Å². The van der Waals surface area contributed by atoms with Crippen LogP contribution in [0.2, 0.25) is 0 Å². The molecule has 2 aromatic rings. The van der Waals surface area contributed by atoms with Gasteiger partial charge >= 0.3 is 0 Å². The highest BCUT2D eigenvalue weighted by molar-refractivity contribution is 5.94. The maximum Gasteiger partial charge on any atom is 0.251 e. The van der Waals surface area contributed by atoms with Crippen molar-refractivity contribution in [2.45, 2.75) is 44.8 Å². The molecule has 126 valence electrons. The van der Waals surface area contributed by atoms with Crippen LogP contribution in [0.4, 0.5) is 0 Å². The number of nitrogens with zero attached hydrogens (tertiary/aromatic N) is 3. The van der Waals surface area contributed by atoms with E-state index in [2.05, 4.69) is 25.8 Å². The number of carbonyl (C=O) groups excluding carboxylic acids is 1. The zero-order valence-electron chi connectivity index (χ0n) is 13.9. The van der Waals surface area contributed by atoms with Gasteiger partial charge in [-0.15, -0.1) is 0 Å². The lowest BCUT2D eigenvalue weighted by atomic mass is 10.1. The Hall–Kier alpha value is -2.14. The van der Waals surface area contributed by atoms with Crippen LogP contribution in [0.1, 0.15) is 41.0 Å². The van der Waals surface area contributed by atoms with E-state index in [1.165, 1.54) is 31.5 Å². The van der Waals surface area contributed by atoms with E-state index in [4.69, 9.17) is 0 Å².